The van der Waals surface area contributed by atoms with E-state index in [1.807, 2.05) is 0 Å². The van der Waals surface area contributed by atoms with Gasteiger partial charge in [0, 0.05) is 24.2 Å². The zero-order chi connectivity index (χ0) is 24.8. The lowest BCUT2D eigenvalue weighted by atomic mass is 9.74. The molecule has 2 aromatic carbocycles. The van der Waals surface area contributed by atoms with Crippen molar-refractivity contribution in [1.29, 1.82) is 0 Å². The van der Waals surface area contributed by atoms with Gasteiger partial charge in [0.25, 0.3) is 5.91 Å². The normalized spacial score (nSPS) is 15.5. The van der Waals surface area contributed by atoms with Crippen molar-refractivity contribution in [2.75, 3.05) is 11.9 Å². The van der Waals surface area contributed by atoms with Crippen LogP contribution in [-0.4, -0.2) is 28.5 Å². The van der Waals surface area contributed by atoms with E-state index >= 15 is 0 Å². The number of nitrogens with zero attached hydrogens (tertiary/aromatic N) is 2. The summed E-state index contributed by atoms with van der Waals surface area (Å²) < 4.78 is 26.9. The van der Waals surface area contributed by atoms with Crippen LogP contribution in [0.2, 0.25) is 0 Å². The van der Waals surface area contributed by atoms with Gasteiger partial charge in [0.05, 0.1) is 11.3 Å². The summed E-state index contributed by atoms with van der Waals surface area (Å²) in [4.78, 5) is 22.7. The van der Waals surface area contributed by atoms with Crippen LogP contribution in [0.5, 0.6) is 0 Å². The Kier molecular flexibility index (Phi) is 7.73. The van der Waals surface area contributed by atoms with Crippen LogP contribution in [0, 0.1) is 11.6 Å². The van der Waals surface area contributed by atoms with Crippen LogP contribution in [-0.2, 0) is 11.8 Å². The molecule has 1 aliphatic rings. The molecule has 0 aliphatic heterocycles. The number of hydrogen-bond acceptors (Lipinski definition) is 4. The first kappa shape index (κ1) is 24.8. The van der Waals surface area contributed by atoms with Crippen molar-refractivity contribution >= 4 is 11.9 Å². The van der Waals surface area contributed by atoms with Gasteiger partial charge in [-0.15, -0.1) is 0 Å². The van der Waals surface area contributed by atoms with E-state index in [9.17, 15) is 13.6 Å². The molecule has 3 aromatic rings. The molecule has 1 fully saturated rings. The molecule has 1 aromatic heterocycles. The van der Waals surface area contributed by atoms with Gasteiger partial charge in [-0.2, -0.15) is 0 Å². The molecule has 5 nitrogen and oxygen atoms in total. The monoisotopic (exact) mass is 478 g/mol. The van der Waals surface area contributed by atoms with E-state index in [-0.39, 0.29) is 23.6 Å². The number of nitrogens with one attached hydrogen (secondary N) is 2. The number of carbonyl (C=O) groups is 1. The van der Waals surface area contributed by atoms with Crippen molar-refractivity contribution in [3.05, 3.63) is 88.7 Å². The Balaban J connectivity index is 1.66. The van der Waals surface area contributed by atoms with E-state index in [2.05, 4.69) is 29.5 Å². The van der Waals surface area contributed by atoms with Gasteiger partial charge in [0.15, 0.2) is 0 Å². The lowest BCUT2D eigenvalue weighted by molar-refractivity contribution is 0.0951. The second-order valence-corrected chi connectivity index (χ2v) is 9.34. The molecule has 1 amide bonds. The second kappa shape index (κ2) is 10.9. The number of hydrogen-bond donors (Lipinski definition) is 2. The molecule has 7 heteroatoms. The summed E-state index contributed by atoms with van der Waals surface area (Å²) in [6.07, 6.45) is 6.75. The van der Waals surface area contributed by atoms with Gasteiger partial charge < -0.3 is 10.6 Å². The van der Waals surface area contributed by atoms with Gasteiger partial charge in [0.1, 0.15) is 11.6 Å². The van der Waals surface area contributed by atoms with Crippen molar-refractivity contribution in [2.45, 2.75) is 63.8 Å². The van der Waals surface area contributed by atoms with E-state index in [1.165, 1.54) is 24.3 Å². The van der Waals surface area contributed by atoms with Crippen molar-refractivity contribution < 1.29 is 13.6 Å². The molecule has 1 saturated carbocycles. The number of halogens is 2. The zero-order valence-corrected chi connectivity index (χ0v) is 20.3. The van der Waals surface area contributed by atoms with Gasteiger partial charge >= 0.3 is 0 Å². The van der Waals surface area contributed by atoms with Crippen molar-refractivity contribution in [3.8, 4) is 0 Å². The average Bonchev–Trinajstić information content (AvgIpc) is 3.36. The first-order chi connectivity index (χ1) is 16.9. The minimum Gasteiger partial charge on any atom is -0.352 e. The maximum atomic E-state index is 13.7. The van der Waals surface area contributed by atoms with E-state index < -0.39 is 5.41 Å². The molecule has 1 unspecified atom stereocenters. The highest BCUT2D eigenvalue weighted by molar-refractivity contribution is 5.95. The van der Waals surface area contributed by atoms with Crippen molar-refractivity contribution in [3.63, 3.8) is 0 Å². The van der Waals surface area contributed by atoms with Crippen LogP contribution in [0.1, 0.15) is 73.1 Å². The molecule has 0 saturated heterocycles. The van der Waals surface area contributed by atoms with Gasteiger partial charge in [0.2, 0.25) is 5.95 Å². The number of anilines is 1. The van der Waals surface area contributed by atoms with Crippen LogP contribution in [0.15, 0.2) is 54.7 Å². The fourth-order valence-electron chi connectivity index (χ4n) is 4.78. The quantitative estimate of drug-likeness (QED) is 0.408. The van der Waals surface area contributed by atoms with E-state index in [0.717, 1.165) is 43.2 Å². The van der Waals surface area contributed by atoms with Crippen LogP contribution in [0.3, 0.4) is 0 Å². The third-order valence-corrected chi connectivity index (χ3v) is 6.94. The Morgan fingerprint density at radius 1 is 1.03 bits per heavy atom. The highest BCUT2D eigenvalue weighted by Gasteiger charge is 2.41. The molecule has 0 spiro atoms. The Hall–Kier alpha value is -3.35. The van der Waals surface area contributed by atoms with Gasteiger partial charge in [-0.1, -0.05) is 44.0 Å². The van der Waals surface area contributed by atoms with Crippen molar-refractivity contribution in [2.24, 2.45) is 0 Å². The second-order valence-electron chi connectivity index (χ2n) is 9.34. The smallest absolute Gasteiger partial charge is 0.254 e. The maximum Gasteiger partial charge on any atom is 0.254 e. The molecular weight excluding hydrogens is 446 g/mol. The summed E-state index contributed by atoms with van der Waals surface area (Å²) in [6, 6.07) is 13.0. The lowest BCUT2D eigenvalue weighted by Gasteiger charge is -2.31. The summed E-state index contributed by atoms with van der Waals surface area (Å²) in [7, 11) is 0. The van der Waals surface area contributed by atoms with Gasteiger partial charge in [-0.3, -0.25) is 4.79 Å². The summed E-state index contributed by atoms with van der Waals surface area (Å²) >= 11 is 0. The predicted molar refractivity (Wildman–Crippen MR) is 133 cm³/mol. The fraction of sp³-hybridized carbons (Fsp3) is 0.393. The Morgan fingerprint density at radius 3 is 2.29 bits per heavy atom. The summed E-state index contributed by atoms with van der Waals surface area (Å²) in [5.41, 5.74) is 2.54. The molecule has 2 N–H and O–H groups in total. The minimum absolute atomic E-state index is 0.184. The largest absolute Gasteiger partial charge is 0.352 e. The zero-order valence-electron chi connectivity index (χ0n) is 20.3. The maximum absolute atomic E-state index is 13.7. The van der Waals surface area contributed by atoms with E-state index in [0.29, 0.717) is 30.2 Å². The third-order valence-electron chi connectivity index (χ3n) is 6.94. The van der Waals surface area contributed by atoms with Crippen molar-refractivity contribution in [1.82, 2.24) is 15.3 Å². The molecule has 1 atom stereocenters. The summed E-state index contributed by atoms with van der Waals surface area (Å²) in [5.74, 6) is -0.327. The molecular formula is C28H32F2N4O. The fourth-order valence-corrected chi connectivity index (χ4v) is 4.78. The first-order valence-corrected chi connectivity index (χ1v) is 12.3. The van der Waals surface area contributed by atoms with Crippen LogP contribution < -0.4 is 10.6 Å². The highest BCUT2D eigenvalue weighted by Crippen LogP contribution is 2.47. The van der Waals surface area contributed by atoms with Crippen LogP contribution >= 0.6 is 0 Å². The first-order valence-electron chi connectivity index (χ1n) is 12.3. The molecule has 184 valence electrons. The summed E-state index contributed by atoms with van der Waals surface area (Å²) in [5, 5.41) is 6.31. The Labute approximate surface area is 205 Å². The Morgan fingerprint density at radius 2 is 1.66 bits per heavy atom. The average molecular weight is 479 g/mol. The van der Waals surface area contributed by atoms with Gasteiger partial charge in [-0.25, -0.2) is 18.7 Å². The number of carbonyl (C=O) groups excluding carboxylic acids is 1. The highest BCUT2D eigenvalue weighted by atomic mass is 19.1. The van der Waals surface area contributed by atoms with Gasteiger partial charge in [-0.05, 0) is 68.0 Å². The van der Waals surface area contributed by atoms with E-state index in [4.69, 9.17) is 4.98 Å². The number of aromatic nitrogens is 2. The van der Waals surface area contributed by atoms with Crippen LogP contribution in [0.4, 0.5) is 14.7 Å². The summed E-state index contributed by atoms with van der Waals surface area (Å²) in [6.45, 7) is 4.54. The molecule has 4 rings (SSSR count). The minimum atomic E-state index is -0.480. The molecule has 1 aliphatic carbocycles. The number of amides is 1. The number of rotatable bonds is 9. The molecule has 0 radical (unpaired) electrons. The van der Waals surface area contributed by atoms with E-state index in [1.54, 1.807) is 30.5 Å². The third kappa shape index (κ3) is 5.66. The topological polar surface area (TPSA) is 66.9 Å². The van der Waals surface area contributed by atoms with Crippen LogP contribution in [0.25, 0.3) is 0 Å². The SMILES string of the molecule is CCC(C)Nc1ncc(C(=O)NCCc2ccc(F)cc2)c(C2(c3ccc(F)cc3)CCCC2)n1. The molecule has 35 heavy (non-hydrogen) atoms. The predicted octanol–water partition coefficient (Wildman–Crippen LogP) is 5.80. The molecule has 1 heterocycles. The lowest BCUT2D eigenvalue weighted by Crippen LogP contribution is -2.33. The molecule has 0 bridgehead atoms. The standard InChI is InChI=1S/C28H32F2N4O/c1-3-19(2)33-27-32-18-24(26(35)31-17-14-20-6-10-22(29)11-7-20)25(34-27)28(15-4-5-16-28)21-8-12-23(30)13-9-21/h6-13,18-19H,3-5,14-17H2,1-2H3,(H,31,35)(H,32,33,34). The Bertz CT molecular complexity index is 1140. The number of benzene rings is 2.